The van der Waals surface area contributed by atoms with Gasteiger partial charge in [-0.05, 0) is 19.5 Å². The topological polar surface area (TPSA) is 50.7 Å². The maximum absolute atomic E-state index is 9.69. The Hall–Kier alpha value is -0.810. The molecule has 0 aliphatic heterocycles. The number of aliphatic hydroxyl groups is 1. The summed E-state index contributed by atoms with van der Waals surface area (Å²) < 4.78 is 10.8. The van der Waals surface area contributed by atoms with Crippen LogP contribution in [0.2, 0.25) is 5.02 Å². The monoisotopic (exact) mass is 287 g/mol. The molecule has 19 heavy (non-hydrogen) atoms. The SMILES string of the molecule is CCNCc1cccc(Cl)c1OCC(O)COCC. The molecule has 0 aromatic heterocycles. The van der Waals surface area contributed by atoms with Gasteiger partial charge in [-0.25, -0.2) is 0 Å². The predicted molar refractivity (Wildman–Crippen MR) is 76.8 cm³/mol. The third kappa shape index (κ3) is 5.78. The van der Waals surface area contributed by atoms with Crippen molar-refractivity contribution in [3.8, 4) is 5.75 Å². The van der Waals surface area contributed by atoms with E-state index in [0.717, 1.165) is 12.1 Å². The van der Waals surface area contributed by atoms with Crippen molar-refractivity contribution in [2.24, 2.45) is 0 Å². The average molecular weight is 288 g/mol. The van der Waals surface area contributed by atoms with Gasteiger partial charge in [-0.1, -0.05) is 30.7 Å². The largest absolute Gasteiger partial charge is 0.489 e. The summed E-state index contributed by atoms with van der Waals surface area (Å²) in [5.74, 6) is 0.626. The summed E-state index contributed by atoms with van der Waals surface area (Å²) in [5.41, 5.74) is 0.984. The number of ether oxygens (including phenoxy) is 2. The predicted octanol–water partition coefficient (Wildman–Crippen LogP) is 2.23. The van der Waals surface area contributed by atoms with Crippen molar-refractivity contribution in [1.29, 1.82) is 0 Å². The molecule has 1 aromatic rings. The molecular weight excluding hydrogens is 266 g/mol. The van der Waals surface area contributed by atoms with Crippen molar-refractivity contribution in [2.75, 3.05) is 26.4 Å². The van der Waals surface area contributed by atoms with Gasteiger partial charge in [-0.15, -0.1) is 0 Å². The van der Waals surface area contributed by atoms with Crippen molar-refractivity contribution in [2.45, 2.75) is 26.5 Å². The maximum atomic E-state index is 9.69. The molecule has 4 nitrogen and oxygen atoms in total. The van der Waals surface area contributed by atoms with E-state index in [4.69, 9.17) is 21.1 Å². The Morgan fingerprint density at radius 2 is 2.11 bits per heavy atom. The summed E-state index contributed by atoms with van der Waals surface area (Å²) in [6.45, 7) is 6.50. The van der Waals surface area contributed by atoms with Crippen LogP contribution in [-0.2, 0) is 11.3 Å². The Morgan fingerprint density at radius 1 is 1.32 bits per heavy atom. The number of para-hydroxylation sites is 1. The van der Waals surface area contributed by atoms with Gasteiger partial charge in [0.1, 0.15) is 18.5 Å². The van der Waals surface area contributed by atoms with Crippen LogP contribution in [0.25, 0.3) is 0 Å². The zero-order valence-corrected chi connectivity index (χ0v) is 12.2. The minimum absolute atomic E-state index is 0.170. The molecule has 0 bridgehead atoms. The quantitative estimate of drug-likeness (QED) is 0.731. The van der Waals surface area contributed by atoms with Gasteiger partial charge >= 0.3 is 0 Å². The third-order valence-electron chi connectivity index (χ3n) is 2.55. The molecule has 0 saturated heterocycles. The highest BCUT2D eigenvalue weighted by Gasteiger charge is 2.11. The molecule has 0 amide bonds. The van der Waals surface area contributed by atoms with E-state index in [2.05, 4.69) is 5.32 Å². The zero-order chi connectivity index (χ0) is 14.1. The minimum atomic E-state index is -0.650. The Balaban J connectivity index is 2.60. The molecule has 0 radical (unpaired) electrons. The fourth-order valence-electron chi connectivity index (χ4n) is 1.60. The highest BCUT2D eigenvalue weighted by molar-refractivity contribution is 6.32. The van der Waals surface area contributed by atoms with Gasteiger partial charge in [0.2, 0.25) is 0 Å². The Bertz CT molecular complexity index is 374. The van der Waals surface area contributed by atoms with E-state index in [1.54, 1.807) is 6.07 Å². The van der Waals surface area contributed by atoms with E-state index in [9.17, 15) is 5.11 Å². The highest BCUT2D eigenvalue weighted by Crippen LogP contribution is 2.28. The number of nitrogens with one attached hydrogen (secondary N) is 1. The molecule has 1 rings (SSSR count). The van der Waals surface area contributed by atoms with E-state index >= 15 is 0 Å². The first-order valence-corrected chi connectivity index (χ1v) is 6.93. The van der Waals surface area contributed by atoms with E-state index < -0.39 is 6.10 Å². The van der Waals surface area contributed by atoms with Gasteiger partial charge in [-0.2, -0.15) is 0 Å². The van der Waals surface area contributed by atoms with E-state index in [-0.39, 0.29) is 13.2 Å². The summed E-state index contributed by atoms with van der Waals surface area (Å²) in [5, 5.41) is 13.5. The summed E-state index contributed by atoms with van der Waals surface area (Å²) in [4.78, 5) is 0. The van der Waals surface area contributed by atoms with Crippen LogP contribution in [0.15, 0.2) is 18.2 Å². The molecule has 1 aromatic carbocycles. The van der Waals surface area contributed by atoms with Crippen molar-refractivity contribution < 1.29 is 14.6 Å². The Labute approximate surface area is 119 Å². The highest BCUT2D eigenvalue weighted by atomic mass is 35.5. The van der Waals surface area contributed by atoms with Crippen molar-refractivity contribution in [3.05, 3.63) is 28.8 Å². The molecule has 108 valence electrons. The number of rotatable bonds is 9. The number of halogens is 1. The van der Waals surface area contributed by atoms with Crippen molar-refractivity contribution in [1.82, 2.24) is 5.32 Å². The van der Waals surface area contributed by atoms with Gasteiger partial charge in [0, 0.05) is 18.7 Å². The molecule has 0 aliphatic carbocycles. The Morgan fingerprint density at radius 3 is 2.79 bits per heavy atom. The lowest BCUT2D eigenvalue weighted by molar-refractivity contribution is 0.0162. The molecule has 0 aliphatic rings. The number of hydrogen-bond acceptors (Lipinski definition) is 4. The summed E-state index contributed by atoms with van der Waals surface area (Å²) in [7, 11) is 0. The maximum Gasteiger partial charge on any atom is 0.142 e. The smallest absolute Gasteiger partial charge is 0.142 e. The van der Waals surface area contributed by atoms with Gasteiger partial charge in [-0.3, -0.25) is 0 Å². The normalized spacial score (nSPS) is 12.4. The molecule has 2 N–H and O–H groups in total. The lowest BCUT2D eigenvalue weighted by Crippen LogP contribution is -2.24. The average Bonchev–Trinajstić information content (AvgIpc) is 2.41. The molecule has 1 unspecified atom stereocenters. The van der Waals surface area contributed by atoms with Gasteiger partial charge in [0.15, 0.2) is 0 Å². The van der Waals surface area contributed by atoms with Crippen LogP contribution in [0.4, 0.5) is 0 Å². The molecule has 0 heterocycles. The fourth-order valence-corrected chi connectivity index (χ4v) is 1.84. The number of benzene rings is 1. The standard InChI is InChI=1S/C14H22ClNO3/c1-3-16-8-11-6-5-7-13(15)14(11)19-10-12(17)9-18-4-2/h5-7,12,16-17H,3-4,8-10H2,1-2H3. The first-order valence-electron chi connectivity index (χ1n) is 6.55. The Kier molecular flexibility index (Phi) is 7.82. The van der Waals surface area contributed by atoms with E-state index in [0.29, 0.717) is 23.9 Å². The summed E-state index contributed by atoms with van der Waals surface area (Å²) >= 11 is 6.13. The van der Waals surface area contributed by atoms with Crippen LogP contribution in [0.3, 0.4) is 0 Å². The molecule has 1 atom stereocenters. The molecule has 0 spiro atoms. The summed E-state index contributed by atoms with van der Waals surface area (Å²) in [6, 6.07) is 5.62. The third-order valence-corrected chi connectivity index (χ3v) is 2.85. The second kappa shape index (κ2) is 9.15. The lowest BCUT2D eigenvalue weighted by atomic mass is 10.2. The second-order valence-electron chi connectivity index (χ2n) is 4.13. The van der Waals surface area contributed by atoms with Crippen LogP contribution in [0, 0.1) is 0 Å². The number of hydrogen-bond donors (Lipinski definition) is 2. The summed E-state index contributed by atoms with van der Waals surface area (Å²) in [6.07, 6.45) is -0.650. The second-order valence-corrected chi connectivity index (χ2v) is 4.54. The fraction of sp³-hybridized carbons (Fsp3) is 0.571. The van der Waals surface area contributed by atoms with Crippen LogP contribution >= 0.6 is 11.6 Å². The number of aliphatic hydroxyl groups excluding tert-OH is 1. The van der Waals surface area contributed by atoms with E-state index in [1.165, 1.54) is 0 Å². The van der Waals surface area contributed by atoms with Crippen LogP contribution < -0.4 is 10.1 Å². The molecule has 5 heteroatoms. The van der Waals surface area contributed by atoms with Crippen LogP contribution in [0.5, 0.6) is 5.75 Å². The first-order chi connectivity index (χ1) is 9.19. The lowest BCUT2D eigenvalue weighted by Gasteiger charge is -2.16. The van der Waals surface area contributed by atoms with Crippen molar-refractivity contribution >= 4 is 11.6 Å². The molecular formula is C14H22ClNO3. The van der Waals surface area contributed by atoms with Gasteiger partial charge in [0.25, 0.3) is 0 Å². The minimum Gasteiger partial charge on any atom is -0.489 e. The van der Waals surface area contributed by atoms with Crippen LogP contribution in [0.1, 0.15) is 19.4 Å². The van der Waals surface area contributed by atoms with E-state index in [1.807, 2.05) is 26.0 Å². The van der Waals surface area contributed by atoms with Gasteiger partial charge in [0.05, 0.1) is 11.6 Å². The molecule has 0 saturated carbocycles. The first kappa shape index (κ1) is 16.2. The zero-order valence-electron chi connectivity index (χ0n) is 11.5. The van der Waals surface area contributed by atoms with Crippen LogP contribution in [-0.4, -0.2) is 37.6 Å². The van der Waals surface area contributed by atoms with Gasteiger partial charge < -0.3 is 19.9 Å². The van der Waals surface area contributed by atoms with Crippen molar-refractivity contribution in [3.63, 3.8) is 0 Å². The molecule has 0 fully saturated rings.